The smallest absolute Gasteiger partial charge is 0.242 e. The number of hydrogen-bond donors (Lipinski definition) is 3. The van der Waals surface area contributed by atoms with Gasteiger partial charge in [0.15, 0.2) is 5.82 Å². The quantitative estimate of drug-likeness (QED) is 0.419. The lowest BCUT2D eigenvalue weighted by Gasteiger charge is -2.29. The molecule has 6 nitrogen and oxygen atoms in total. The van der Waals surface area contributed by atoms with E-state index in [-0.39, 0.29) is 11.9 Å². The van der Waals surface area contributed by atoms with Gasteiger partial charge in [0.25, 0.3) is 0 Å². The number of anilines is 1. The first-order valence-electron chi connectivity index (χ1n) is 11.2. The summed E-state index contributed by atoms with van der Waals surface area (Å²) in [4.78, 5) is 17.2. The van der Waals surface area contributed by atoms with Crippen molar-refractivity contribution in [3.63, 3.8) is 0 Å². The molecule has 1 aromatic heterocycles. The zero-order valence-electron chi connectivity index (χ0n) is 18.8. The molecule has 2 atom stereocenters. The van der Waals surface area contributed by atoms with Crippen LogP contribution in [0, 0.1) is 11.6 Å². The number of aromatic nitrogens is 2. The molecule has 0 saturated heterocycles. The highest BCUT2D eigenvalue weighted by molar-refractivity contribution is 7.98. The summed E-state index contributed by atoms with van der Waals surface area (Å²) in [6.07, 6.45) is 8.92. The van der Waals surface area contributed by atoms with Crippen molar-refractivity contribution in [2.24, 2.45) is 0 Å². The molecule has 3 rings (SSSR count). The van der Waals surface area contributed by atoms with E-state index in [0.717, 1.165) is 49.9 Å². The Morgan fingerprint density at radius 2 is 2.19 bits per heavy atom. The van der Waals surface area contributed by atoms with Gasteiger partial charge in [0, 0.05) is 43.7 Å². The Morgan fingerprint density at radius 3 is 2.97 bits per heavy atom. The van der Waals surface area contributed by atoms with Crippen LogP contribution in [0.15, 0.2) is 24.7 Å². The number of benzene rings is 1. The van der Waals surface area contributed by atoms with Crippen molar-refractivity contribution < 1.29 is 13.6 Å². The topological polar surface area (TPSA) is 71.0 Å². The molecule has 0 unspecified atom stereocenters. The van der Waals surface area contributed by atoms with E-state index in [1.165, 1.54) is 6.07 Å². The SMILES string of the molecule is CCC[C@H](N[C@H]1CCc2cc(F)cc(F)c2C1)C(=O)Nc1cn(CCNCCSC)cn1. The van der Waals surface area contributed by atoms with Gasteiger partial charge in [0.05, 0.1) is 12.4 Å². The van der Waals surface area contributed by atoms with E-state index < -0.39 is 17.7 Å². The Kier molecular flexibility index (Phi) is 9.50. The standard InChI is InChI=1S/C23H33F2N5OS/c1-3-4-21(28-18-6-5-16-11-17(24)12-20(25)19(16)13-18)23(31)29-22-14-30(15-27-22)9-7-26-8-10-32-2/h11-12,14-15,18,21,26,28H,3-10,13H2,1-2H3,(H,29,31)/t18-,21-/m0/s1. The highest BCUT2D eigenvalue weighted by atomic mass is 32.2. The number of rotatable bonds is 12. The lowest BCUT2D eigenvalue weighted by atomic mass is 9.87. The summed E-state index contributed by atoms with van der Waals surface area (Å²) >= 11 is 1.81. The van der Waals surface area contributed by atoms with Crippen LogP contribution in [-0.2, 0) is 24.2 Å². The Bertz CT molecular complexity index is 891. The monoisotopic (exact) mass is 465 g/mol. The van der Waals surface area contributed by atoms with Gasteiger partial charge >= 0.3 is 0 Å². The lowest BCUT2D eigenvalue weighted by molar-refractivity contribution is -0.118. The number of hydrogen-bond acceptors (Lipinski definition) is 5. The minimum atomic E-state index is -0.536. The van der Waals surface area contributed by atoms with Gasteiger partial charge in [0.1, 0.15) is 11.6 Å². The fourth-order valence-corrected chi connectivity index (χ4v) is 4.41. The molecule has 3 N–H and O–H groups in total. The number of amides is 1. The van der Waals surface area contributed by atoms with E-state index in [0.29, 0.717) is 30.6 Å². The molecule has 2 aromatic rings. The molecule has 1 amide bonds. The normalized spacial score (nSPS) is 16.6. The van der Waals surface area contributed by atoms with E-state index in [1.54, 1.807) is 18.1 Å². The fraction of sp³-hybridized carbons (Fsp3) is 0.565. The summed E-state index contributed by atoms with van der Waals surface area (Å²) in [6, 6.07) is 1.93. The van der Waals surface area contributed by atoms with Crippen molar-refractivity contribution >= 4 is 23.5 Å². The summed E-state index contributed by atoms with van der Waals surface area (Å²) in [5, 5.41) is 9.67. The molecule has 0 fully saturated rings. The van der Waals surface area contributed by atoms with Crippen LogP contribution in [0.25, 0.3) is 0 Å². The molecule has 1 heterocycles. The number of aryl methyl sites for hydroxylation is 1. The number of halogens is 2. The molecule has 0 saturated carbocycles. The predicted octanol–water partition coefficient (Wildman–Crippen LogP) is 3.37. The molecule has 0 radical (unpaired) electrons. The summed E-state index contributed by atoms with van der Waals surface area (Å²) in [6.45, 7) is 4.61. The average molecular weight is 466 g/mol. The van der Waals surface area contributed by atoms with Crippen molar-refractivity contribution in [3.8, 4) is 0 Å². The summed E-state index contributed by atoms with van der Waals surface area (Å²) in [5.41, 5.74) is 1.28. The second-order valence-corrected chi connectivity index (χ2v) is 9.19. The van der Waals surface area contributed by atoms with E-state index in [9.17, 15) is 13.6 Å². The maximum atomic E-state index is 14.2. The molecule has 1 aromatic carbocycles. The van der Waals surface area contributed by atoms with E-state index in [2.05, 4.69) is 27.2 Å². The Balaban J connectivity index is 1.54. The van der Waals surface area contributed by atoms with Gasteiger partial charge in [-0.05, 0) is 49.1 Å². The second kappa shape index (κ2) is 12.3. The lowest BCUT2D eigenvalue weighted by Crippen LogP contribution is -2.48. The molecular formula is C23H33F2N5OS. The van der Waals surface area contributed by atoms with Crippen molar-refractivity contribution in [1.82, 2.24) is 20.2 Å². The van der Waals surface area contributed by atoms with Crippen LogP contribution in [0.1, 0.15) is 37.3 Å². The van der Waals surface area contributed by atoms with Gasteiger partial charge in [0.2, 0.25) is 5.91 Å². The van der Waals surface area contributed by atoms with Gasteiger partial charge in [-0.1, -0.05) is 13.3 Å². The number of nitrogens with zero attached hydrogens (tertiary/aromatic N) is 2. The number of fused-ring (bicyclic) bond motifs is 1. The first kappa shape index (κ1) is 24.7. The Labute approximate surface area is 192 Å². The number of nitrogens with one attached hydrogen (secondary N) is 3. The number of carbonyl (C=O) groups is 1. The molecule has 9 heteroatoms. The molecule has 1 aliphatic carbocycles. The first-order valence-corrected chi connectivity index (χ1v) is 12.6. The highest BCUT2D eigenvalue weighted by Crippen LogP contribution is 2.25. The van der Waals surface area contributed by atoms with E-state index >= 15 is 0 Å². The maximum absolute atomic E-state index is 14.2. The summed E-state index contributed by atoms with van der Waals surface area (Å²) in [7, 11) is 0. The third-order valence-corrected chi connectivity index (χ3v) is 6.32. The van der Waals surface area contributed by atoms with Gasteiger partial charge in [-0.15, -0.1) is 0 Å². The molecule has 176 valence electrons. The van der Waals surface area contributed by atoms with Crippen LogP contribution in [-0.4, -0.2) is 52.6 Å². The first-order chi connectivity index (χ1) is 15.5. The highest BCUT2D eigenvalue weighted by Gasteiger charge is 2.27. The zero-order valence-corrected chi connectivity index (χ0v) is 19.6. The average Bonchev–Trinajstić information content (AvgIpc) is 3.20. The molecule has 0 bridgehead atoms. The van der Waals surface area contributed by atoms with E-state index in [1.807, 2.05) is 17.7 Å². The largest absolute Gasteiger partial charge is 0.334 e. The maximum Gasteiger partial charge on any atom is 0.242 e. The minimum absolute atomic E-state index is 0.0327. The molecular weight excluding hydrogens is 432 g/mol. The third-order valence-electron chi connectivity index (χ3n) is 5.71. The van der Waals surface area contributed by atoms with Crippen molar-refractivity contribution in [1.29, 1.82) is 0 Å². The molecule has 0 aliphatic heterocycles. The van der Waals surface area contributed by atoms with E-state index in [4.69, 9.17) is 0 Å². The number of imidazole rings is 1. The van der Waals surface area contributed by atoms with Gasteiger partial charge in [-0.3, -0.25) is 4.79 Å². The van der Waals surface area contributed by atoms with Gasteiger partial charge in [-0.25, -0.2) is 13.8 Å². The zero-order chi connectivity index (χ0) is 22.9. The van der Waals surface area contributed by atoms with Crippen molar-refractivity contribution in [2.45, 2.75) is 57.7 Å². The summed E-state index contributed by atoms with van der Waals surface area (Å²) in [5.74, 6) is 0.424. The Morgan fingerprint density at radius 1 is 1.34 bits per heavy atom. The Hall–Kier alpha value is -1.97. The third kappa shape index (κ3) is 7.02. The van der Waals surface area contributed by atoms with Crippen molar-refractivity contribution in [2.75, 3.05) is 30.4 Å². The van der Waals surface area contributed by atoms with Gasteiger partial charge < -0.3 is 20.5 Å². The number of carbonyl (C=O) groups excluding carboxylic acids is 1. The second-order valence-electron chi connectivity index (χ2n) is 8.20. The predicted molar refractivity (Wildman–Crippen MR) is 126 cm³/mol. The van der Waals surface area contributed by atoms with Crippen LogP contribution in [0.2, 0.25) is 0 Å². The summed E-state index contributed by atoms with van der Waals surface area (Å²) < 4.78 is 29.6. The van der Waals surface area contributed by atoms with Crippen LogP contribution in [0.4, 0.5) is 14.6 Å². The van der Waals surface area contributed by atoms with Crippen LogP contribution >= 0.6 is 11.8 Å². The van der Waals surface area contributed by atoms with Gasteiger partial charge in [-0.2, -0.15) is 11.8 Å². The molecule has 1 aliphatic rings. The van der Waals surface area contributed by atoms with Crippen LogP contribution in [0.5, 0.6) is 0 Å². The van der Waals surface area contributed by atoms with Crippen LogP contribution < -0.4 is 16.0 Å². The molecule has 0 spiro atoms. The minimum Gasteiger partial charge on any atom is -0.334 e. The van der Waals surface area contributed by atoms with Crippen LogP contribution in [0.3, 0.4) is 0 Å². The number of thioether (sulfide) groups is 1. The fourth-order valence-electron chi connectivity index (χ4n) is 4.06. The molecule has 32 heavy (non-hydrogen) atoms. The van der Waals surface area contributed by atoms with Crippen molar-refractivity contribution in [3.05, 3.63) is 47.4 Å².